The Balaban J connectivity index is 2.23. The van der Waals surface area contributed by atoms with Gasteiger partial charge < -0.3 is 5.32 Å². The Morgan fingerprint density at radius 3 is 2.62 bits per heavy atom. The van der Waals surface area contributed by atoms with Crippen LogP contribution in [0.5, 0.6) is 0 Å². The second kappa shape index (κ2) is 5.25. The lowest BCUT2D eigenvalue weighted by atomic mass is 10.1. The van der Waals surface area contributed by atoms with E-state index in [1.54, 1.807) is 0 Å². The van der Waals surface area contributed by atoms with E-state index < -0.39 is 0 Å². The quantitative estimate of drug-likeness (QED) is 0.712. The number of carbonyl (C=O) groups excluding carboxylic acids is 1. The summed E-state index contributed by atoms with van der Waals surface area (Å²) >= 11 is 0. The average Bonchev–Trinajstić information content (AvgIpc) is 2.55. The first-order chi connectivity index (χ1) is 6.24. The predicted molar refractivity (Wildman–Crippen MR) is 54.5 cm³/mol. The molecule has 1 aliphatic carbocycles. The summed E-state index contributed by atoms with van der Waals surface area (Å²) in [6, 6.07) is 0.359. The molecule has 2 heteroatoms. The molecule has 0 spiro atoms. The zero-order valence-electron chi connectivity index (χ0n) is 8.81. The molecule has 0 heterocycles. The summed E-state index contributed by atoms with van der Waals surface area (Å²) in [4.78, 5) is 11.6. The third-order valence-electron chi connectivity index (χ3n) is 2.84. The Kier molecular flexibility index (Phi) is 4.26. The first-order valence-electron chi connectivity index (χ1n) is 5.54. The molecule has 1 rings (SSSR count). The van der Waals surface area contributed by atoms with Gasteiger partial charge in [0.1, 0.15) is 0 Å². The van der Waals surface area contributed by atoms with E-state index >= 15 is 0 Å². The van der Waals surface area contributed by atoms with E-state index in [4.69, 9.17) is 0 Å². The van der Waals surface area contributed by atoms with Crippen LogP contribution in [0, 0.1) is 5.92 Å². The molecule has 0 unspecified atom stereocenters. The predicted octanol–water partition coefficient (Wildman–Crippen LogP) is 2.48. The minimum Gasteiger partial charge on any atom is -0.353 e. The lowest BCUT2D eigenvalue weighted by molar-refractivity contribution is -0.125. The van der Waals surface area contributed by atoms with Crippen molar-refractivity contribution in [1.82, 2.24) is 5.32 Å². The highest BCUT2D eigenvalue weighted by molar-refractivity contribution is 5.79. The molecule has 0 aromatic rings. The monoisotopic (exact) mass is 183 g/mol. The van der Waals surface area contributed by atoms with Gasteiger partial charge in [0.15, 0.2) is 0 Å². The van der Waals surface area contributed by atoms with Gasteiger partial charge in [0.2, 0.25) is 5.91 Å². The van der Waals surface area contributed by atoms with Crippen molar-refractivity contribution in [3.63, 3.8) is 0 Å². The third kappa shape index (κ3) is 3.37. The average molecular weight is 183 g/mol. The maximum Gasteiger partial charge on any atom is 0.223 e. The van der Waals surface area contributed by atoms with E-state index in [1.165, 1.54) is 12.8 Å². The van der Waals surface area contributed by atoms with Gasteiger partial charge in [-0.2, -0.15) is 0 Å². The van der Waals surface area contributed by atoms with Crippen LogP contribution >= 0.6 is 0 Å². The van der Waals surface area contributed by atoms with Crippen molar-refractivity contribution in [3.8, 4) is 0 Å². The minimum absolute atomic E-state index is 0.290. The van der Waals surface area contributed by atoms with Gasteiger partial charge in [0.25, 0.3) is 0 Å². The van der Waals surface area contributed by atoms with Crippen LogP contribution in [-0.4, -0.2) is 11.9 Å². The van der Waals surface area contributed by atoms with Crippen LogP contribution < -0.4 is 5.32 Å². The van der Waals surface area contributed by atoms with Gasteiger partial charge >= 0.3 is 0 Å². The summed E-state index contributed by atoms with van der Waals surface area (Å²) in [6.07, 6.45) is 6.92. The highest BCUT2D eigenvalue weighted by atomic mass is 16.1. The molecule has 1 saturated carbocycles. The van der Waals surface area contributed by atoms with Crippen LogP contribution in [0.3, 0.4) is 0 Å². The molecular formula is C11H21NO. The fraction of sp³-hybridized carbons (Fsp3) is 0.909. The Labute approximate surface area is 81.1 Å². The molecule has 76 valence electrons. The van der Waals surface area contributed by atoms with Crippen LogP contribution in [-0.2, 0) is 4.79 Å². The van der Waals surface area contributed by atoms with Crippen LogP contribution in [0.1, 0.15) is 52.4 Å². The van der Waals surface area contributed by atoms with Crippen molar-refractivity contribution in [2.75, 3.05) is 0 Å². The number of amides is 1. The fourth-order valence-corrected chi connectivity index (χ4v) is 2.05. The lowest BCUT2D eigenvalue weighted by Gasteiger charge is -2.15. The number of rotatable bonds is 4. The number of hydrogen-bond acceptors (Lipinski definition) is 1. The highest BCUT2D eigenvalue weighted by Gasteiger charge is 2.23. The summed E-state index contributed by atoms with van der Waals surface area (Å²) < 4.78 is 0. The largest absolute Gasteiger partial charge is 0.353 e. The Morgan fingerprint density at radius 1 is 1.46 bits per heavy atom. The number of hydrogen-bond donors (Lipinski definition) is 1. The van der Waals surface area contributed by atoms with Crippen LogP contribution in [0.25, 0.3) is 0 Å². The second-order valence-corrected chi connectivity index (χ2v) is 4.18. The van der Waals surface area contributed by atoms with E-state index in [1.807, 2.05) is 0 Å². The van der Waals surface area contributed by atoms with E-state index in [2.05, 4.69) is 19.2 Å². The summed E-state index contributed by atoms with van der Waals surface area (Å²) in [5.74, 6) is 0.609. The molecule has 1 atom stereocenters. The topological polar surface area (TPSA) is 29.1 Å². The Bertz CT molecular complexity index is 161. The molecule has 0 aromatic heterocycles. The zero-order chi connectivity index (χ0) is 9.68. The maximum atomic E-state index is 11.6. The molecule has 0 bridgehead atoms. The molecular weight excluding hydrogens is 162 g/mol. The third-order valence-corrected chi connectivity index (χ3v) is 2.84. The molecule has 1 fully saturated rings. The number of carbonyl (C=O) groups is 1. The van der Waals surface area contributed by atoms with Crippen molar-refractivity contribution >= 4 is 5.91 Å². The first kappa shape index (κ1) is 10.6. The van der Waals surface area contributed by atoms with Gasteiger partial charge in [-0.25, -0.2) is 0 Å². The zero-order valence-corrected chi connectivity index (χ0v) is 8.81. The SMILES string of the molecule is CCC[C@H](C)NC(=O)C1CCCC1. The lowest BCUT2D eigenvalue weighted by Crippen LogP contribution is -2.36. The van der Waals surface area contributed by atoms with Gasteiger partial charge in [-0.3, -0.25) is 4.79 Å². The molecule has 1 N–H and O–H groups in total. The second-order valence-electron chi connectivity index (χ2n) is 4.18. The van der Waals surface area contributed by atoms with Crippen molar-refractivity contribution < 1.29 is 4.79 Å². The molecule has 0 radical (unpaired) electrons. The summed E-state index contributed by atoms with van der Waals surface area (Å²) in [6.45, 7) is 4.24. The van der Waals surface area contributed by atoms with Crippen LogP contribution in [0.15, 0.2) is 0 Å². The van der Waals surface area contributed by atoms with Crippen molar-refractivity contribution in [1.29, 1.82) is 0 Å². The molecule has 0 aliphatic heterocycles. The maximum absolute atomic E-state index is 11.6. The first-order valence-corrected chi connectivity index (χ1v) is 5.54. The van der Waals surface area contributed by atoms with Crippen LogP contribution in [0.2, 0.25) is 0 Å². The molecule has 0 aromatic carbocycles. The molecule has 13 heavy (non-hydrogen) atoms. The van der Waals surface area contributed by atoms with E-state index in [9.17, 15) is 4.79 Å². The molecule has 1 amide bonds. The summed E-state index contributed by atoms with van der Waals surface area (Å²) in [5, 5.41) is 3.08. The van der Waals surface area contributed by atoms with E-state index in [0.717, 1.165) is 25.7 Å². The Hall–Kier alpha value is -0.530. The van der Waals surface area contributed by atoms with E-state index in [-0.39, 0.29) is 0 Å². The van der Waals surface area contributed by atoms with Crippen molar-refractivity contribution in [2.45, 2.75) is 58.4 Å². The number of nitrogens with one attached hydrogen (secondary N) is 1. The van der Waals surface area contributed by atoms with Gasteiger partial charge in [-0.15, -0.1) is 0 Å². The summed E-state index contributed by atoms with van der Waals surface area (Å²) in [7, 11) is 0. The van der Waals surface area contributed by atoms with Crippen molar-refractivity contribution in [3.05, 3.63) is 0 Å². The molecule has 2 nitrogen and oxygen atoms in total. The van der Waals surface area contributed by atoms with E-state index in [0.29, 0.717) is 17.9 Å². The Morgan fingerprint density at radius 2 is 2.08 bits per heavy atom. The normalized spacial score (nSPS) is 20.2. The van der Waals surface area contributed by atoms with Crippen molar-refractivity contribution in [2.24, 2.45) is 5.92 Å². The highest BCUT2D eigenvalue weighted by Crippen LogP contribution is 2.24. The van der Waals surface area contributed by atoms with Gasteiger partial charge in [-0.1, -0.05) is 26.2 Å². The minimum atomic E-state index is 0.290. The van der Waals surface area contributed by atoms with Gasteiger partial charge in [0.05, 0.1) is 0 Å². The summed E-state index contributed by atoms with van der Waals surface area (Å²) in [5.41, 5.74) is 0. The molecule has 1 aliphatic rings. The van der Waals surface area contributed by atoms with Gasteiger partial charge in [0, 0.05) is 12.0 Å². The standard InChI is InChI=1S/C11H21NO/c1-3-6-9(2)12-11(13)10-7-4-5-8-10/h9-10H,3-8H2,1-2H3,(H,12,13)/t9-/m0/s1. The fourth-order valence-electron chi connectivity index (χ4n) is 2.05. The molecule has 0 saturated heterocycles. The van der Waals surface area contributed by atoms with Gasteiger partial charge in [-0.05, 0) is 26.2 Å². The van der Waals surface area contributed by atoms with Crippen LogP contribution in [0.4, 0.5) is 0 Å². The smallest absolute Gasteiger partial charge is 0.223 e.